The van der Waals surface area contributed by atoms with Gasteiger partial charge >= 0.3 is 26.4 Å². The Bertz CT molecular complexity index is 276. The Morgan fingerprint density at radius 2 is 1.09 bits per heavy atom. The summed E-state index contributed by atoms with van der Waals surface area (Å²) in [7, 11) is -7.97. The molecule has 0 saturated carbocycles. The quantitative estimate of drug-likeness (QED) is 0.370. The molecule has 0 unspecified atom stereocenters. The van der Waals surface area contributed by atoms with E-state index in [1.165, 1.54) is 19.3 Å². The molecule has 0 aromatic heterocycles. The van der Waals surface area contributed by atoms with Gasteiger partial charge in [-0.1, -0.05) is 26.2 Å². The summed E-state index contributed by atoms with van der Waals surface area (Å²) in [5.41, 5.74) is 0. The van der Waals surface area contributed by atoms with Gasteiger partial charge in [-0.3, -0.25) is 0 Å². The molecule has 22 heavy (non-hydrogen) atoms. The highest BCUT2D eigenvalue weighted by atomic mass is 28.5. The highest BCUT2D eigenvalue weighted by molar-refractivity contribution is 6.81. The van der Waals surface area contributed by atoms with Crippen molar-refractivity contribution in [3.05, 3.63) is 0 Å². The molecule has 4 nitrogen and oxygen atoms in total. The van der Waals surface area contributed by atoms with Crippen molar-refractivity contribution in [1.29, 1.82) is 0 Å². The van der Waals surface area contributed by atoms with E-state index in [0.717, 1.165) is 6.04 Å². The Kier molecular flexibility index (Phi) is 11.2. The lowest BCUT2D eigenvalue weighted by molar-refractivity contribution is 0.318. The molecule has 134 valence electrons. The van der Waals surface area contributed by atoms with Crippen LogP contribution in [0, 0.1) is 0 Å². The fraction of sp³-hybridized carbons (Fsp3) is 1.00. The molecule has 0 rings (SSSR count). The normalized spacial score (nSPS) is 13.6. The molecule has 0 aliphatic rings. The number of unbranched alkanes of at least 4 members (excludes halogenated alkanes) is 2. The summed E-state index contributed by atoms with van der Waals surface area (Å²) in [5.74, 6) is 0. The zero-order valence-corrected chi connectivity index (χ0v) is 21.7. The van der Waals surface area contributed by atoms with Crippen molar-refractivity contribution in [2.24, 2.45) is 0 Å². The van der Waals surface area contributed by atoms with E-state index < -0.39 is 44.5 Å². The van der Waals surface area contributed by atoms with Gasteiger partial charge < -0.3 is 16.5 Å². The molecule has 0 fully saturated rings. The van der Waals surface area contributed by atoms with Crippen LogP contribution in [0.1, 0.15) is 26.2 Å². The maximum absolute atomic E-state index is 6.45. The van der Waals surface area contributed by atoms with Crippen LogP contribution >= 0.6 is 0 Å². The second-order valence-corrected chi connectivity index (χ2v) is 22.3. The van der Waals surface area contributed by atoms with Gasteiger partial charge in [-0.25, -0.2) is 0 Å². The van der Waals surface area contributed by atoms with Crippen LogP contribution in [0.25, 0.3) is 0 Å². The van der Waals surface area contributed by atoms with Gasteiger partial charge in [0.15, 0.2) is 18.1 Å². The number of hydrogen-bond acceptors (Lipinski definition) is 4. The Balaban J connectivity index is 4.73. The smallest absolute Gasteiger partial charge is 0.312 e. The fourth-order valence-corrected chi connectivity index (χ4v) is 20.3. The standard InChI is InChI=1S/C13H38O4Si5/c1-10-11-12-13-20(16-21(6,7)14-18(2)3)17-22(8,9)15-19(4)5/h18-20H,10-13H2,1-9H3. The summed E-state index contributed by atoms with van der Waals surface area (Å²) in [6, 6.07) is 1.08. The third kappa shape index (κ3) is 12.4. The van der Waals surface area contributed by atoms with Crippen molar-refractivity contribution in [2.75, 3.05) is 0 Å². The van der Waals surface area contributed by atoms with Crippen molar-refractivity contribution >= 4 is 44.5 Å². The minimum Gasteiger partial charge on any atom is -0.440 e. The molecular formula is C13H38O4Si5. The fourth-order valence-electron chi connectivity index (χ4n) is 2.53. The highest BCUT2D eigenvalue weighted by Crippen LogP contribution is 2.19. The SMILES string of the molecule is CCCCC[SiH](O[Si](C)(C)O[SiH](C)C)O[Si](C)(C)O[SiH](C)C. The van der Waals surface area contributed by atoms with Crippen LogP contribution < -0.4 is 0 Å². The van der Waals surface area contributed by atoms with E-state index in [0.29, 0.717) is 0 Å². The van der Waals surface area contributed by atoms with Gasteiger partial charge in [0.25, 0.3) is 0 Å². The first-order valence-corrected chi connectivity index (χ1v) is 21.6. The molecule has 0 heterocycles. The summed E-state index contributed by atoms with van der Waals surface area (Å²) in [4.78, 5) is 0. The topological polar surface area (TPSA) is 36.9 Å². The molecule has 0 saturated heterocycles. The largest absolute Gasteiger partial charge is 0.440 e. The number of rotatable bonds is 12. The molecule has 0 amide bonds. The van der Waals surface area contributed by atoms with Gasteiger partial charge in [0.2, 0.25) is 0 Å². The zero-order valence-electron chi connectivity index (χ0n) is 16.2. The van der Waals surface area contributed by atoms with Crippen molar-refractivity contribution in [1.82, 2.24) is 0 Å². The molecule has 0 radical (unpaired) electrons. The second-order valence-electron chi connectivity index (χ2n) is 7.29. The minimum absolute atomic E-state index is 1.07. The molecule has 9 heteroatoms. The average Bonchev–Trinajstić information content (AvgIpc) is 2.23. The van der Waals surface area contributed by atoms with Crippen LogP contribution in [-0.2, 0) is 16.5 Å². The van der Waals surface area contributed by atoms with E-state index in [9.17, 15) is 0 Å². The van der Waals surface area contributed by atoms with Gasteiger partial charge in [-0.15, -0.1) is 0 Å². The zero-order chi connectivity index (χ0) is 17.4. The van der Waals surface area contributed by atoms with Gasteiger partial charge in [0, 0.05) is 0 Å². The van der Waals surface area contributed by atoms with Crippen LogP contribution in [-0.4, -0.2) is 44.5 Å². The van der Waals surface area contributed by atoms with Gasteiger partial charge in [-0.05, 0) is 58.4 Å². The van der Waals surface area contributed by atoms with Gasteiger partial charge in [-0.2, -0.15) is 0 Å². The minimum atomic E-state index is -2.05. The maximum Gasteiger partial charge on any atom is 0.312 e. The molecule has 0 aliphatic heterocycles. The van der Waals surface area contributed by atoms with Gasteiger partial charge in [0.1, 0.15) is 0 Å². The van der Waals surface area contributed by atoms with E-state index >= 15 is 0 Å². The molecule has 0 atom stereocenters. The van der Waals surface area contributed by atoms with E-state index in [1.54, 1.807) is 0 Å². The van der Waals surface area contributed by atoms with Crippen LogP contribution in [0.15, 0.2) is 0 Å². The Morgan fingerprint density at radius 1 is 0.682 bits per heavy atom. The van der Waals surface area contributed by atoms with E-state index in [4.69, 9.17) is 16.5 Å². The van der Waals surface area contributed by atoms with Crippen molar-refractivity contribution in [3.8, 4) is 0 Å². The highest BCUT2D eigenvalue weighted by Gasteiger charge is 2.36. The Labute approximate surface area is 145 Å². The van der Waals surface area contributed by atoms with E-state index in [1.807, 2.05) is 0 Å². The lowest BCUT2D eigenvalue weighted by atomic mass is 10.3. The number of hydrogen-bond donors (Lipinski definition) is 0. The van der Waals surface area contributed by atoms with Gasteiger partial charge in [0.05, 0.1) is 0 Å². The lowest BCUT2D eigenvalue weighted by Gasteiger charge is -2.35. The summed E-state index contributed by atoms with van der Waals surface area (Å²) < 4.78 is 25.2. The molecule has 0 bridgehead atoms. The predicted molar refractivity (Wildman–Crippen MR) is 109 cm³/mol. The van der Waals surface area contributed by atoms with Crippen LogP contribution in [0.3, 0.4) is 0 Å². The maximum atomic E-state index is 6.45. The summed E-state index contributed by atoms with van der Waals surface area (Å²) in [6.07, 6.45) is 3.67. The van der Waals surface area contributed by atoms with E-state index in [-0.39, 0.29) is 0 Å². The molecular weight excluding hydrogens is 361 g/mol. The Hall–Kier alpha value is 0.924. The first kappa shape index (κ1) is 22.9. The molecule has 0 aliphatic carbocycles. The molecule has 0 N–H and O–H groups in total. The third-order valence-electron chi connectivity index (χ3n) is 2.91. The van der Waals surface area contributed by atoms with Crippen molar-refractivity contribution in [3.63, 3.8) is 0 Å². The average molecular weight is 399 g/mol. The summed E-state index contributed by atoms with van der Waals surface area (Å²) >= 11 is 0. The van der Waals surface area contributed by atoms with E-state index in [2.05, 4.69) is 59.3 Å². The first-order valence-electron chi connectivity index (χ1n) is 8.68. The third-order valence-corrected chi connectivity index (χ3v) is 18.7. The molecule has 0 aromatic rings. The Morgan fingerprint density at radius 3 is 1.41 bits per heavy atom. The van der Waals surface area contributed by atoms with Crippen molar-refractivity contribution in [2.45, 2.75) is 84.6 Å². The molecule has 0 spiro atoms. The van der Waals surface area contributed by atoms with Crippen LogP contribution in [0.4, 0.5) is 0 Å². The predicted octanol–water partition coefficient (Wildman–Crippen LogP) is 3.83. The second kappa shape index (κ2) is 10.7. The van der Waals surface area contributed by atoms with Crippen LogP contribution in [0.2, 0.25) is 58.4 Å². The first-order chi connectivity index (χ1) is 9.97. The lowest BCUT2D eigenvalue weighted by Crippen LogP contribution is -2.50. The summed E-state index contributed by atoms with van der Waals surface area (Å²) in [5, 5.41) is 0. The monoisotopic (exact) mass is 398 g/mol. The molecule has 0 aromatic carbocycles. The van der Waals surface area contributed by atoms with Crippen LogP contribution in [0.5, 0.6) is 0 Å². The van der Waals surface area contributed by atoms with Crippen molar-refractivity contribution < 1.29 is 16.5 Å². The summed E-state index contributed by atoms with van der Waals surface area (Å²) in [6.45, 7) is 19.7.